The van der Waals surface area contributed by atoms with Crippen molar-refractivity contribution in [1.82, 2.24) is 0 Å². The second kappa shape index (κ2) is 4.10. The molecule has 2 heteroatoms. The Morgan fingerprint density at radius 3 is 2.30 bits per heavy atom. The molecule has 0 aliphatic heterocycles. The van der Waals surface area contributed by atoms with Gasteiger partial charge in [0.05, 0.1) is 0 Å². The number of rotatable bonds is 3. The van der Waals surface area contributed by atoms with E-state index in [0.717, 1.165) is 17.6 Å². The molecule has 1 nitrogen and oxygen atoms in total. The maximum Gasteiger partial charge on any atom is 0.134 e. The van der Waals surface area contributed by atoms with Crippen LogP contribution in [-0.2, 0) is 0 Å². The second-order valence-corrected chi connectivity index (χ2v) is 2.52. The van der Waals surface area contributed by atoms with Crippen LogP contribution in [0.5, 0.6) is 0 Å². The van der Waals surface area contributed by atoms with Crippen molar-refractivity contribution in [3.63, 3.8) is 0 Å². The van der Waals surface area contributed by atoms with Crippen LogP contribution in [0.1, 0.15) is 20.3 Å². The molecule has 0 aliphatic rings. The normalized spacial score (nSPS) is 12.2. The van der Waals surface area contributed by atoms with Crippen molar-refractivity contribution in [3.8, 4) is 0 Å². The summed E-state index contributed by atoms with van der Waals surface area (Å²) < 4.78 is 0. The van der Waals surface area contributed by atoms with E-state index in [4.69, 9.17) is 5.41 Å². The highest BCUT2D eigenvalue weighted by atomic mass is 14.3. The van der Waals surface area contributed by atoms with Gasteiger partial charge in [0.1, 0.15) is 7.85 Å². The molecule has 0 unspecified atom stereocenters. The molecule has 0 radical (unpaired) electrons. The van der Waals surface area contributed by atoms with Gasteiger partial charge in [-0.3, -0.25) is 0 Å². The van der Waals surface area contributed by atoms with Crippen LogP contribution in [-0.4, -0.2) is 14.1 Å². The minimum atomic E-state index is 0.926. The van der Waals surface area contributed by atoms with E-state index in [1.165, 1.54) is 11.7 Å². The first kappa shape index (κ1) is 9.21. The fourth-order valence-electron chi connectivity index (χ4n) is 0.790. The zero-order valence-electron chi connectivity index (χ0n) is 6.99. The predicted molar refractivity (Wildman–Crippen MR) is 49.5 cm³/mol. The highest BCUT2D eigenvalue weighted by Crippen LogP contribution is 2.11. The molecule has 0 rings (SSSR count). The van der Waals surface area contributed by atoms with Gasteiger partial charge in [-0.2, -0.15) is 0 Å². The van der Waals surface area contributed by atoms with Crippen LogP contribution in [0.3, 0.4) is 0 Å². The van der Waals surface area contributed by atoms with Gasteiger partial charge < -0.3 is 5.41 Å². The van der Waals surface area contributed by atoms with Gasteiger partial charge in [-0.25, -0.2) is 0 Å². The lowest BCUT2D eigenvalue weighted by Gasteiger charge is -2.04. The lowest BCUT2D eigenvalue weighted by molar-refractivity contribution is 1.14. The zero-order chi connectivity index (χ0) is 8.15. The molecule has 0 bridgehead atoms. The van der Waals surface area contributed by atoms with E-state index in [1.54, 1.807) is 0 Å². The SMILES string of the molecule is B/C(C)=C(\C=N)C(=C)CC. The highest BCUT2D eigenvalue weighted by Gasteiger charge is 1.97. The highest BCUT2D eigenvalue weighted by molar-refractivity contribution is 6.23. The summed E-state index contributed by atoms with van der Waals surface area (Å²) in [7, 11) is 2.00. The summed E-state index contributed by atoms with van der Waals surface area (Å²) in [5.74, 6) is 0. The largest absolute Gasteiger partial charge is 0.308 e. The Kier molecular flexibility index (Phi) is 3.78. The van der Waals surface area contributed by atoms with Crippen LogP contribution >= 0.6 is 0 Å². The van der Waals surface area contributed by atoms with Gasteiger partial charge >= 0.3 is 0 Å². The van der Waals surface area contributed by atoms with Crippen LogP contribution in [0.2, 0.25) is 0 Å². The summed E-state index contributed by atoms with van der Waals surface area (Å²) >= 11 is 0. The first-order valence-electron chi connectivity index (χ1n) is 3.49. The van der Waals surface area contributed by atoms with Gasteiger partial charge in [0.25, 0.3) is 0 Å². The summed E-state index contributed by atoms with van der Waals surface area (Å²) in [5, 5.41) is 7.08. The van der Waals surface area contributed by atoms with Crippen molar-refractivity contribution in [3.05, 3.63) is 23.2 Å². The van der Waals surface area contributed by atoms with E-state index in [-0.39, 0.29) is 0 Å². The fourth-order valence-corrected chi connectivity index (χ4v) is 0.790. The fraction of sp³-hybridized carbons (Fsp3) is 0.375. The van der Waals surface area contributed by atoms with E-state index in [1.807, 2.05) is 14.8 Å². The lowest BCUT2D eigenvalue weighted by atomic mass is 9.88. The first-order chi connectivity index (χ1) is 4.63. The Hall–Kier alpha value is -0.785. The lowest BCUT2D eigenvalue weighted by Crippen LogP contribution is -1.92. The van der Waals surface area contributed by atoms with Gasteiger partial charge in [0.15, 0.2) is 0 Å². The minimum absolute atomic E-state index is 0.926. The van der Waals surface area contributed by atoms with Crippen LogP contribution in [0.25, 0.3) is 0 Å². The first-order valence-corrected chi connectivity index (χ1v) is 3.49. The smallest absolute Gasteiger partial charge is 0.134 e. The minimum Gasteiger partial charge on any atom is -0.308 e. The maximum atomic E-state index is 7.08. The molecule has 10 heavy (non-hydrogen) atoms. The molecule has 0 saturated carbocycles. The molecular formula is C8H14BN. The second-order valence-electron chi connectivity index (χ2n) is 2.52. The summed E-state index contributed by atoms with van der Waals surface area (Å²) in [6.45, 7) is 7.91. The van der Waals surface area contributed by atoms with Crippen molar-refractivity contribution in [2.75, 3.05) is 0 Å². The summed E-state index contributed by atoms with van der Waals surface area (Å²) in [6.07, 6.45) is 2.30. The zero-order valence-corrected chi connectivity index (χ0v) is 6.99. The molecule has 0 atom stereocenters. The van der Waals surface area contributed by atoms with Crippen molar-refractivity contribution in [1.29, 1.82) is 5.41 Å². The molecule has 0 spiro atoms. The van der Waals surface area contributed by atoms with E-state index < -0.39 is 0 Å². The van der Waals surface area contributed by atoms with E-state index in [2.05, 4.69) is 13.5 Å². The molecular weight excluding hydrogens is 121 g/mol. The molecule has 0 amide bonds. The Labute approximate surface area is 63.8 Å². The summed E-state index contributed by atoms with van der Waals surface area (Å²) in [6, 6.07) is 0. The van der Waals surface area contributed by atoms with Crippen molar-refractivity contribution in [2.24, 2.45) is 0 Å². The molecule has 0 aromatic carbocycles. The Bertz CT molecular complexity index is 176. The Morgan fingerprint density at radius 2 is 2.20 bits per heavy atom. The third-order valence-corrected chi connectivity index (χ3v) is 1.49. The van der Waals surface area contributed by atoms with E-state index in [0.29, 0.717) is 0 Å². The number of nitrogens with one attached hydrogen (secondary N) is 1. The Balaban J connectivity index is 4.53. The van der Waals surface area contributed by atoms with Crippen molar-refractivity contribution < 1.29 is 0 Å². The van der Waals surface area contributed by atoms with Crippen LogP contribution < -0.4 is 0 Å². The molecule has 0 aliphatic carbocycles. The van der Waals surface area contributed by atoms with Crippen LogP contribution in [0, 0.1) is 5.41 Å². The van der Waals surface area contributed by atoms with E-state index in [9.17, 15) is 0 Å². The molecule has 0 heterocycles. The van der Waals surface area contributed by atoms with Crippen molar-refractivity contribution >= 4 is 14.1 Å². The van der Waals surface area contributed by atoms with Gasteiger partial charge in [-0.05, 0) is 17.6 Å². The predicted octanol–water partition coefficient (Wildman–Crippen LogP) is 1.51. The standard InChI is InChI=1S/C8H14BN/c1-4-6(2)8(5-10)7(3)9/h5,10H,2,4,9H2,1,3H3/b8-7+,10-5?. The monoisotopic (exact) mass is 135 g/mol. The van der Waals surface area contributed by atoms with Gasteiger partial charge in [0.2, 0.25) is 0 Å². The molecule has 54 valence electrons. The van der Waals surface area contributed by atoms with Gasteiger partial charge in [-0.1, -0.05) is 20.4 Å². The quantitative estimate of drug-likeness (QED) is 0.344. The molecule has 0 saturated heterocycles. The Morgan fingerprint density at radius 1 is 1.70 bits per heavy atom. The van der Waals surface area contributed by atoms with Crippen molar-refractivity contribution in [2.45, 2.75) is 20.3 Å². The average molecular weight is 135 g/mol. The maximum absolute atomic E-state index is 7.08. The molecule has 1 N–H and O–H groups in total. The van der Waals surface area contributed by atoms with Gasteiger partial charge in [0, 0.05) is 6.21 Å². The third-order valence-electron chi connectivity index (χ3n) is 1.49. The summed E-state index contributed by atoms with van der Waals surface area (Å²) in [5.41, 5.74) is 3.21. The van der Waals surface area contributed by atoms with E-state index >= 15 is 0 Å². The van der Waals surface area contributed by atoms with Gasteiger partial charge in [-0.15, -0.1) is 5.47 Å². The average Bonchev–Trinajstić information content (AvgIpc) is 1.88. The topological polar surface area (TPSA) is 23.9 Å². The van der Waals surface area contributed by atoms with Crippen LogP contribution in [0.4, 0.5) is 0 Å². The third kappa shape index (κ3) is 2.22. The molecule has 0 fully saturated rings. The number of hydrogen-bond donors (Lipinski definition) is 1. The van der Waals surface area contributed by atoms with Crippen LogP contribution in [0.15, 0.2) is 23.2 Å². The molecule has 0 aromatic heterocycles. The molecule has 0 aromatic rings. The number of allylic oxidation sites excluding steroid dienone is 3. The number of hydrogen-bond acceptors (Lipinski definition) is 1. The summed E-state index contributed by atoms with van der Waals surface area (Å²) in [4.78, 5) is 0.